The second kappa shape index (κ2) is 5.22. The van der Waals surface area contributed by atoms with Crippen molar-refractivity contribution >= 4 is 0 Å². The van der Waals surface area contributed by atoms with Crippen LogP contribution in [0.3, 0.4) is 0 Å². The van der Waals surface area contributed by atoms with E-state index < -0.39 is 0 Å². The summed E-state index contributed by atoms with van der Waals surface area (Å²) in [5.41, 5.74) is 0. The van der Waals surface area contributed by atoms with Crippen LogP contribution in [0.25, 0.3) is 0 Å². The van der Waals surface area contributed by atoms with E-state index in [0.29, 0.717) is 24.2 Å². The van der Waals surface area contributed by atoms with Gasteiger partial charge in [0.1, 0.15) is 0 Å². The van der Waals surface area contributed by atoms with Crippen molar-refractivity contribution in [3.63, 3.8) is 0 Å². The van der Waals surface area contributed by atoms with Gasteiger partial charge < -0.3 is 9.05 Å². The second-order valence-corrected chi connectivity index (χ2v) is 5.85. The van der Waals surface area contributed by atoms with Crippen LogP contribution in [0.4, 0.5) is 0 Å². The van der Waals surface area contributed by atoms with Crippen molar-refractivity contribution in [2.75, 3.05) is 6.54 Å². The minimum Gasteiger partial charge on any atom is -0.339 e. The number of hydrogen-bond acceptors (Lipinski definition) is 7. The quantitative estimate of drug-likeness (QED) is 0.834. The molecule has 0 aromatic carbocycles. The molecule has 112 valence electrons. The van der Waals surface area contributed by atoms with Crippen molar-refractivity contribution in [3.05, 3.63) is 23.4 Å². The van der Waals surface area contributed by atoms with Gasteiger partial charge in [0.05, 0.1) is 12.6 Å². The van der Waals surface area contributed by atoms with Crippen molar-refractivity contribution in [2.24, 2.45) is 0 Å². The zero-order chi connectivity index (χ0) is 14.2. The first-order chi connectivity index (χ1) is 10.3. The zero-order valence-electron chi connectivity index (χ0n) is 12.2. The summed E-state index contributed by atoms with van der Waals surface area (Å²) in [5.74, 6) is 3.58. The van der Waals surface area contributed by atoms with Gasteiger partial charge in [-0.2, -0.15) is 9.97 Å². The summed E-state index contributed by atoms with van der Waals surface area (Å²) >= 11 is 0. The summed E-state index contributed by atoms with van der Waals surface area (Å²) < 4.78 is 10.6. The lowest BCUT2D eigenvalue weighted by Gasteiger charge is -2.19. The number of aryl methyl sites for hydroxylation is 1. The summed E-state index contributed by atoms with van der Waals surface area (Å²) in [6, 6.07) is 0.199. The van der Waals surface area contributed by atoms with Gasteiger partial charge in [0.15, 0.2) is 11.6 Å². The van der Waals surface area contributed by atoms with Crippen molar-refractivity contribution < 1.29 is 9.05 Å². The Labute approximate surface area is 122 Å². The number of likely N-dealkylation sites (tertiary alicyclic amines) is 1. The van der Waals surface area contributed by atoms with Crippen molar-refractivity contribution in [1.82, 2.24) is 25.2 Å². The third kappa shape index (κ3) is 2.57. The maximum atomic E-state index is 5.37. The summed E-state index contributed by atoms with van der Waals surface area (Å²) in [6.45, 7) is 3.68. The highest BCUT2D eigenvalue weighted by Gasteiger charge is 2.33. The van der Waals surface area contributed by atoms with E-state index in [1.54, 1.807) is 0 Å². The molecule has 2 aliphatic rings. The molecule has 0 N–H and O–H groups in total. The van der Waals surface area contributed by atoms with Gasteiger partial charge in [-0.25, -0.2) is 0 Å². The van der Waals surface area contributed by atoms with Crippen LogP contribution in [0.15, 0.2) is 9.05 Å². The van der Waals surface area contributed by atoms with E-state index in [1.807, 2.05) is 6.92 Å². The van der Waals surface area contributed by atoms with Crippen LogP contribution in [0, 0.1) is 0 Å². The Hall–Kier alpha value is -1.76. The first-order valence-corrected chi connectivity index (χ1v) is 7.72. The summed E-state index contributed by atoms with van der Waals surface area (Å²) in [6.07, 6.45) is 5.33. The number of rotatable bonds is 5. The van der Waals surface area contributed by atoms with Crippen LogP contribution < -0.4 is 0 Å². The number of aromatic nitrogens is 4. The fraction of sp³-hybridized carbons (Fsp3) is 0.714. The highest BCUT2D eigenvalue weighted by Crippen LogP contribution is 2.38. The molecule has 0 unspecified atom stereocenters. The Morgan fingerprint density at radius 1 is 1.05 bits per heavy atom. The average molecular weight is 289 g/mol. The fourth-order valence-corrected chi connectivity index (χ4v) is 2.87. The van der Waals surface area contributed by atoms with Crippen LogP contribution in [0.5, 0.6) is 0 Å². The Kier molecular flexibility index (Phi) is 3.21. The predicted octanol–water partition coefficient (Wildman–Crippen LogP) is 2.23. The third-order valence-electron chi connectivity index (χ3n) is 4.21. The van der Waals surface area contributed by atoms with Gasteiger partial charge in [-0.1, -0.05) is 17.2 Å². The van der Waals surface area contributed by atoms with Crippen LogP contribution >= 0.6 is 0 Å². The van der Waals surface area contributed by atoms with Crippen LogP contribution in [-0.2, 0) is 13.0 Å². The minimum absolute atomic E-state index is 0.199. The fourth-order valence-electron chi connectivity index (χ4n) is 2.87. The van der Waals surface area contributed by atoms with E-state index in [1.165, 1.54) is 12.8 Å². The maximum Gasteiger partial charge on any atom is 0.240 e. The molecular weight excluding hydrogens is 270 g/mol. The lowest BCUT2D eigenvalue weighted by atomic mass is 10.2. The average Bonchev–Trinajstić information content (AvgIpc) is 2.94. The monoisotopic (exact) mass is 289 g/mol. The predicted molar refractivity (Wildman–Crippen MR) is 72.3 cm³/mol. The second-order valence-electron chi connectivity index (χ2n) is 5.85. The van der Waals surface area contributed by atoms with Gasteiger partial charge in [-0.05, 0) is 32.2 Å². The molecular formula is C14H19N5O2. The van der Waals surface area contributed by atoms with Gasteiger partial charge in [-0.15, -0.1) is 0 Å². The Morgan fingerprint density at radius 3 is 2.57 bits per heavy atom. The molecule has 1 saturated carbocycles. The summed E-state index contributed by atoms with van der Waals surface area (Å²) in [7, 11) is 0. The van der Waals surface area contributed by atoms with E-state index in [9.17, 15) is 0 Å². The molecule has 0 radical (unpaired) electrons. The summed E-state index contributed by atoms with van der Waals surface area (Å²) in [5, 5.41) is 8.18. The van der Waals surface area contributed by atoms with Crippen molar-refractivity contribution in [3.8, 4) is 0 Å². The standard InChI is InChI=1S/C14H19N5O2/c1-2-11-15-14(18-20-11)10-4-3-7-19(10)8-12-16-13(17-21-12)9-5-6-9/h9-10H,2-8H2,1H3/t10-/m1/s1. The molecule has 1 atom stereocenters. The molecule has 0 bridgehead atoms. The summed E-state index contributed by atoms with van der Waals surface area (Å²) in [4.78, 5) is 11.3. The molecule has 2 aromatic heterocycles. The first kappa shape index (κ1) is 12.9. The molecule has 0 amide bonds. The Balaban J connectivity index is 1.47. The van der Waals surface area contributed by atoms with E-state index in [-0.39, 0.29) is 6.04 Å². The molecule has 21 heavy (non-hydrogen) atoms. The first-order valence-electron chi connectivity index (χ1n) is 7.72. The molecule has 1 aliphatic carbocycles. The van der Waals surface area contributed by atoms with Crippen LogP contribution in [0.2, 0.25) is 0 Å². The van der Waals surface area contributed by atoms with Gasteiger partial charge in [0, 0.05) is 12.3 Å². The lowest BCUT2D eigenvalue weighted by molar-refractivity contribution is 0.202. The molecule has 7 nitrogen and oxygen atoms in total. The van der Waals surface area contributed by atoms with Gasteiger partial charge in [0.25, 0.3) is 0 Å². The third-order valence-corrected chi connectivity index (χ3v) is 4.21. The van der Waals surface area contributed by atoms with E-state index >= 15 is 0 Å². The molecule has 0 spiro atoms. The largest absolute Gasteiger partial charge is 0.339 e. The Bertz CT molecular complexity index is 618. The molecule has 2 aromatic rings. The zero-order valence-corrected chi connectivity index (χ0v) is 12.2. The minimum atomic E-state index is 0.199. The van der Waals surface area contributed by atoms with E-state index in [4.69, 9.17) is 9.05 Å². The lowest BCUT2D eigenvalue weighted by Crippen LogP contribution is -2.23. The highest BCUT2D eigenvalue weighted by molar-refractivity contribution is 5.04. The normalized spacial score (nSPS) is 23.0. The van der Waals surface area contributed by atoms with Crippen molar-refractivity contribution in [2.45, 2.75) is 57.5 Å². The molecule has 7 heteroatoms. The highest BCUT2D eigenvalue weighted by atomic mass is 16.5. The van der Waals surface area contributed by atoms with Gasteiger partial charge in [-0.3, -0.25) is 4.90 Å². The van der Waals surface area contributed by atoms with Crippen molar-refractivity contribution in [1.29, 1.82) is 0 Å². The van der Waals surface area contributed by atoms with E-state index in [2.05, 4.69) is 25.2 Å². The van der Waals surface area contributed by atoms with E-state index in [0.717, 1.165) is 37.5 Å². The molecule has 3 heterocycles. The molecule has 1 saturated heterocycles. The van der Waals surface area contributed by atoms with Crippen LogP contribution in [0.1, 0.15) is 68.0 Å². The smallest absolute Gasteiger partial charge is 0.240 e. The van der Waals surface area contributed by atoms with Gasteiger partial charge >= 0.3 is 0 Å². The Morgan fingerprint density at radius 2 is 1.81 bits per heavy atom. The SMILES string of the molecule is CCc1nc([C@H]2CCCN2Cc2nc(C3CC3)no2)no1. The van der Waals surface area contributed by atoms with Gasteiger partial charge in [0.2, 0.25) is 11.8 Å². The maximum absolute atomic E-state index is 5.37. The molecule has 4 rings (SSSR count). The topological polar surface area (TPSA) is 81.1 Å². The molecule has 2 fully saturated rings. The van der Waals surface area contributed by atoms with Crippen LogP contribution in [-0.4, -0.2) is 31.7 Å². The number of nitrogens with zero attached hydrogens (tertiary/aromatic N) is 5. The molecule has 1 aliphatic heterocycles. The number of hydrogen-bond donors (Lipinski definition) is 0.